The number of carbonyl (C=O) groups excluding carboxylic acids is 4. The van der Waals surface area contributed by atoms with Gasteiger partial charge >= 0.3 is 5.97 Å². The molecule has 14 nitrogen and oxygen atoms in total. The Balaban J connectivity index is 1.78. The molecular weight excluding hydrogens is 765 g/mol. The topological polar surface area (TPSA) is 184 Å². The van der Waals surface area contributed by atoms with E-state index in [4.69, 9.17) is 15.2 Å². The van der Waals surface area contributed by atoms with Crippen molar-refractivity contribution in [1.29, 1.82) is 0 Å². The fourth-order valence-electron chi connectivity index (χ4n) is 8.72. The molecule has 0 spiro atoms. The highest BCUT2D eigenvalue weighted by molar-refractivity contribution is 5.90. The highest BCUT2D eigenvalue weighted by Gasteiger charge is 2.43. The Labute approximate surface area is 357 Å². The molecule has 3 rings (SSSR count). The summed E-state index contributed by atoms with van der Waals surface area (Å²) in [5.41, 5.74) is 8.42. The maximum atomic E-state index is 14.5. The minimum atomic E-state index is -1.14. The van der Waals surface area contributed by atoms with Gasteiger partial charge in [-0.25, -0.2) is 4.79 Å². The summed E-state index contributed by atoms with van der Waals surface area (Å²) in [7, 11) is 6.64. The Bertz CT molecular complexity index is 1710. The number of ether oxygens (including phenoxy) is 2. The highest BCUT2D eigenvalue weighted by Crippen LogP contribution is 2.30. The third-order valence-electron chi connectivity index (χ3n) is 12.1. The Morgan fingerprint density at radius 3 is 2.08 bits per heavy atom. The van der Waals surface area contributed by atoms with Crippen molar-refractivity contribution >= 4 is 35.3 Å². The van der Waals surface area contributed by atoms with E-state index in [2.05, 4.69) is 10.6 Å². The van der Waals surface area contributed by atoms with Crippen molar-refractivity contribution in [3.05, 3.63) is 65.7 Å². The van der Waals surface area contributed by atoms with Crippen LogP contribution in [0.4, 0.5) is 5.69 Å². The van der Waals surface area contributed by atoms with Crippen LogP contribution in [0.25, 0.3) is 0 Å². The summed E-state index contributed by atoms with van der Waals surface area (Å²) >= 11 is 0. The zero-order valence-electron chi connectivity index (χ0n) is 37.7. The molecule has 1 saturated heterocycles. The van der Waals surface area contributed by atoms with Gasteiger partial charge in [0.15, 0.2) is 0 Å². The molecule has 334 valence electrons. The van der Waals surface area contributed by atoms with Gasteiger partial charge in [0.25, 0.3) is 0 Å². The van der Waals surface area contributed by atoms with Crippen molar-refractivity contribution in [2.45, 2.75) is 130 Å². The molecule has 2 aromatic carbocycles. The standard InChI is InChI=1S/C46H72N6O8/c1-12-30(6)41(51(9)45(56)39(28(2)3)49-44(55)40(29(4)5)50(8)27-33-20-16-21-34(47)24-33)37(59-10)26-38(53)52-23-17-22-36(52)42(60-11)31(7)43(54)48-35(46(57)58)25-32-18-14-13-15-19-32/h13-16,18-21,24,28-31,35-37,39-42H,12,17,22-23,25-27,47H2,1-11H3,(H,48,54)(H,49,55)(H,57,58)/t30-,31+,35?,36?,37+,39?,40?,41-,42+/m0/s1. The molecule has 1 aliphatic heterocycles. The molecule has 1 heterocycles. The summed E-state index contributed by atoms with van der Waals surface area (Å²) in [5.74, 6) is -3.48. The largest absolute Gasteiger partial charge is 0.480 e. The molecule has 0 aliphatic carbocycles. The van der Waals surface area contributed by atoms with E-state index < -0.39 is 60.2 Å². The van der Waals surface area contributed by atoms with E-state index in [9.17, 15) is 29.1 Å². The first kappa shape index (κ1) is 49.8. The number of aliphatic carboxylic acids is 1. The highest BCUT2D eigenvalue weighted by atomic mass is 16.5. The second-order valence-corrected chi connectivity index (χ2v) is 17.3. The fourth-order valence-corrected chi connectivity index (χ4v) is 8.72. The van der Waals surface area contributed by atoms with Gasteiger partial charge in [-0.3, -0.25) is 24.1 Å². The quantitative estimate of drug-likeness (QED) is 0.116. The van der Waals surface area contributed by atoms with Crippen molar-refractivity contribution in [3.8, 4) is 0 Å². The van der Waals surface area contributed by atoms with E-state index in [-0.39, 0.29) is 48.3 Å². The Morgan fingerprint density at radius 1 is 0.883 bits per heavy atom. The number of carbonyl (C=O) groups is 5. The van der Waals surface area contributed by atoms with Crippen molar-refractivity contribution in [1.82, 2.24) is 25.3 Å². The molecule has 9 atom stereocenters. The smallest absolute Gasteiger partial charge is 0.326 e. The molecular formula is C46H72N6O8. The number of likely N-dealkylation sites (tertiary alicyclic amines) is 1. The molecule has 60 heavy (non-hydrogen) atoms. The van der Waals surface area contributed by atoms with Gasteiger partial charge in [0.2, 0.25) is 23.6 Å². The van der Waals surface area contributed by atoms with E-state index >= 15 is 0 Å². The maximum Gasteiger partial charge on any atom is 0.326 e. The first-order chi connectivity index (χ1) is 28.4. The Kier molecular flexibility index (Phi) is 19.5. The minimum Gasteiger partial charge on any atom is -0.480 e. The number of nitrogen functional groups attached to an aromatic ring is 1. The molecule has 5 N–H and O–H groups in total. The summed E-state index contributed by atoms with van der Waals surface area (Å²) in [6.45, 7) is 14.5. The number of nitrogens with two attached hydrogens (primary N) is 1. The van der Waals surface area contributed by atoms with Crippen molar-refractivity contribution < 1.29 is 38.6 Å². The average molecular weight is 837 g/mol. The van der Waals surface area contributed by atoms with E-state index in [1.54, 1.807) is 23.8 Å². The molecule has 14 heteroatoms. The first-order valence-electron chi connectivity index (χ1n) is 21.4. The molecule has 0 aromatic heterocycles. The van der Waals surface area contributed by atoms with Crippen LogP contribution in [0.5, 0.6) is 0 Å². The number of methoxy groups -OCH3 is 2. The number of nitrogens with one attached hydrogen (secondary N) is 2. The van der Waals surface area contributed by atoms with Gasteiger partial charge in [0, 0.05) is 46.5 Å². The minimum absolute atomic E-state index is 0.0300. The van der Waals surface area contributed by atoms with E-state index in [1.807, 2.05) is 108 Å². The number of rotatable bonds is 23. The van der Waals surface area contributed by atoms with Crippen LogP contribution in [0, 0.1) is 23.7 Å². The normalized spacial score (nSPS) is 18.3. The summed E-state index contributed by atoms with van der Waals surface area (Å²) < 4.78 is 11.9. The maximum absolute atomic E-state index is 14.5. The van der Waals surface area contributed by atoms with E-state index in [0.29, 0.717) is 38.0 Å². The zero-order valence-corrected chi connectivity index (χ0v) is 37.7. The summed E-state index contributed by atoms with van der Waals surface area (Å²) in [5, 5.41) is 15.7. The third-order valence-corrected chi connectivity index (χ3v) is 12.1. The lowest BCUT2D eigenvalue weighted by Gasteiger charge is -2.41. The van der Waals surface area contributed by atoms with Gasteiger partial charge in [-0.05, 0) is 60.9 Å². The Hall–Kier alpha value is -4.53. The Morgan fingerprint density at radius 2 is 1.53 bits per heavy atom. The second-order valence-electron chi connectivity index (χ2n) is 17.3. The average Bonchev–Trinajstić information content (AvgIpc) is 3.69. The van der Waals surface area contributed by atoms with E-state index in [1.165, 1.54) is 14.2 Å². The van der Waals surface area contributed by atoms with Gasteiger partial charge in [-0.1, -0.05) is 97.4 Å². The molecule has 4 unspecified atom stereocenters. The number of nitrogens with zero attached hydrogens (tertiary/aromatic N) is 3. The number of likely N-dealkylation sites (N-methyl/N-ethyl adjacent to an activating group) is 2. The molecule has 2 aromatic rings. The van der Waals surface area contributed by atoms with E-state index in [0.717, 1.165) is 11.1 Å². The van der Waals surface area contributed by atoms with Crippen LogP contribution in [0.3, 0.4) is 0 Å². The number of carboxylic acids is 1. The van der Waals surface area contributed by atoms with Crippen LogP contribution < -0.4 is 16.4 Å². The monoisotopic (exact) mass is 837 g/mol. The lowest BCUT2D eigenvalue weighted by atomic mass is 9.89. The van der Waals surface area contributed by atoms with Crippen LogP contribution in [0.1, 0.15) is 85.3 Å². The number of anilines is 1. The van der Waals surface area contributed by atoms with Crippen LogP contribution in [0.2, 0.25) is 0 Å². The van der Waals surface area contributed by atoms with Crippen LogP contribution in [-0.4, -0.2) is 127 Å². The van der Waals surface area contributed by atoms with Gasteiger partial charge in [-0.2, -0.15) is 0 Å². The van der Waals surface area contributed by atoms with Crippen LogP contribution in [0.15, 0.2) is 54.6 Å². The molecule has 4 amide bonds. The summed E-state index contributed by atoms with van der Waals surface area (Å²) in [6, 6.07) is 13.2. The zero-order chi connectivity index (χ0) is 44.8. The van der Waals surface area contributed by atoms with Crippen LogP contribution in [-0.2, 0) is 46.4 Å². The lowest BCUT2D eigenvalue weighted by Crippen LogP contribution is -2.60. The first-order valence-corrected chi connectivity index (χ1v) is 21.4. The third kappa shape index (κ3) is 13.2. The van der Waals surface area contributed by atoms with Gasteiger partial charge in [0.05, 0.1) is 42.7 Å². The van der Waals surface area contributed by atoms with Crippen molar-refractivity contribution in [3.63, 3.8) is 0 Å². The number of hydrogen-bond donors (Lipinski definition) is 4. The van der Waals surface area contributed by atoms with Gasteiger partial charge < -0.3 is 40.7 Å². The van der Waals surface area contributed by atoms with Crippen molar-refractivity contribution in [2.75, 3.05) is 40.6 Å². The molecule has 0 saturated carbocycles. The predicted molar refractivity (Wildman–Crippen MR) is 234 cm³/mol. The van der Waals surface area contributed by atoms with Gasteiger partial charge in [0.1, 0.15) is 12.1 Å². The lowest BCUT2D eigenvalue weighted by molar-refractivity contribution is -0.148. The second kappa shape index (κ2) is 23.5. The van der Waals surface area contributed by atoms with Crippen LogP contribution >= 0.6 is 0 Å². The predicted octanol–water partition coefficient (Wildman–Crippen LogP) is 4.60. The number of carboxylic acid groups (broad SMARTS) is 1. The molecule has 1 aliphatic rings. The fraction of sp³-hybridized carbons (Fsp3) is 0.630. The molecule has 1 fully saturated rings. The molecule has 0 radical (unpaired) electrons. The van der Waals surface area contributed by atoms with Gasteiger partial charge in [-0.15, -0.1) is 0 Å². The number of hydrogen-bond acceptors (Lipinski definition) is 9. The summed E-state index contributed by atoms with van der Waals surface area (Å²) in [4.78, 5) is 73.9. The number of amides is 4. The molecule has 0 bridgehead atoms. The van der Waals surface area contributed by atoms with Crippen molar-refractivity contribution in [2.24, 2.45) is 23.7 Å². The SMILES string of the molecule is CC[C@H](C)[C@@H]([C@@H](CC(=O)N1CCCC1[C@H](OC)[C@@H](C)C(=O)NC(Cc1ccccc1)C(=O)O)OC)N(C)C(=O)C(NC(=O)C(C(C)C)N(C)Cc1cccc(N)c1)C(C)C. The summed E-state index contributed by atoms with van der Waals surface area (Å²) in [6.07, 6.45) is 0.703. The number of benzene rings is 2.